The topological polar surface area (TPSA) is 89.3 Å². The Labute approximate surface area is 227 Å². The van der Waals surface area contributed by atoms with Gasteiger partial charge in [-0.2, -0.15) is 0 Å². The first-order valence-corrected chi connectivity index (χ1v) is 12.8. The van der Waals surface area contributed by atoms with E-state index in [9.17, 15) is 4.79 Å². The first-order valence-electron chi connectivity index (χ1n) is 12.8. The van der Waals surface area contributed by atoms with Crippen molar-refractivity contribution >= 4 is 34.0 Å². The van der Waals surface area contributed by atoms with Gasteiger partial charge in [-0.05, 0) is 61.0 Å². The van der Waals surface area contributed by atoms with Crippen molar-refractivity contribution in [2.45, 2.75) is 6.42 Å². The molecule has 0 aliphatic carbocycles. The minimum atomic E-state index is -0.333. The molecule has 1 fully saturated rings. The number of rotatable bonds is 9. The Bertz CT molecular complexity index is 1450. The van der Waals surface area contributed by atoms with Gasteiger partial charge in [0.2, 0.25) is 5.69 Å². The zero-order valence-corrected chi connectivity index (χ0v) is 21.4. The van der Waals surface area contributed by atoms with Crippen LogP contribution in [-0.4, -0.2) is 55.4 Å². The number of morpholine rings is 1. The van der Waals surface area contributed by atoms with E-state index in [4.69, 9.17) is 20.8 Å². The van der Waals surface area contributed by atoms with Crippen LogP contribution in [0.15, 0.2) is 79.0 Å². The van der Waals surface area contributed by atoms with Crippen LogP contribution in [0.2, 0.25) is 0 Å². The summed E-state index contributed by atoms with van der Waals surface area (Å²) < 4.78 is 17.5. The summed E-state index contributed by atoms with van der Waals surface area (Å²) >= 11 is 0. The maximum absolute atomic E-state index is 12.2. The van der Waals surface area contributed by atoms with Gasteiger partial charge in [-0.1, -0.05) is 18.2 Å². The Morgan fingerprint density at radius 1 is 0.974 bits per heavy atom. The van der Waals surface area contributed by atoms with Crippen molar-refractivity contribution in [3.63, 3.8) is 0 Å². The molecular weight excluding hydrogens is 494 g/mol. The van der Waals surface area contributed by atoms with E-state index in [0.29, 0.717) is 51.8 Å². The zero-order chi connectivity index (χ0) is 26.9. The molecule has 5 rings (SSSR count). The number of hydrogen-bond donors (Lipinski definition) is 2. The summed E-state index contributed by atoms with van der Waals surface area (Å²) in [5, 5.41) is 6.30. The summed E-state index contributed by atoms with van der Waals surface area (Å²) in [5.74, 6) is 1.68. The van der Waals surface area contributed by atoms with Crippen LogP contribution in [0.4, 0.5) is 21.9 Å². The number of aromatic nitrogens is 1. The Morgan fingerprint density at radius 3 is 2.46 bits per heavy atom. The third-order valence-corrected chi connectivity index (χ3v) is 6.25. The fourth-order valence-corrected chi connectivity index (χ4v) is 4.27. The number of hydrogen-bond acceptors (Lipinski definition) is 6. The smallest absolute Gasteiger partial charge is 0.323 e. The number of fused-ring (bicyclic) bond motifs is 1. The summed E-state index contributed by atoms with van der Waals surface area (Å²) in [7, 11) is 0. The minimum absolute atomic E-state index is 0.333. The highest BCUT2D eigenvalue weighted by Crippen LogP contribution is 2.37. The van der Waals surface area contributed by atoms with E-state index in [1.807, 2.05) is 30.3 Å². The lowest BCUT2D eigenvalue weighted by Gasteiger charge is -2.26. The molecule has 3 aromatic carbocycles. The molecule has 1 aliphatic heterocycles. The predicted octanol–water partition coefficient (Wildman–Crippen LogP) is 6.32. The average Bonchev–Trinajstić information content (AvgIpc) is 2.97. The molecule has 9 nitrogen and oxygen atoms in total. The molecule has 198 valence electrons. The van der Waals surface area contributed by atoms with Crippen molar-refractivity contribution < 1.29 is 19.0 Å². The highest BCUT2D eigenvalue weighted by atomic mass is 16.5. The normalized spacial score (nSPS) is 13.4. The van der Waals surface area contributed by atoms with Crippen molar-refractivity contribution in [3.05, 3.63) is 90.4 Å². The van der Waals surface area contributed by atoms with Crippen LogP contribution in [0.3, 0.4) is 0 Å². The Hall–Kier alpha value is -4.65. The molecule has 0 atom stereocenters. The van der Waals surface area contributed by atoms with Crippen LogP contribution in [0, 0.1) is 6.57 Å². The fourth-order valence-electron chi connectivity index (χ4n) is 4.27. The quantitative estimate of drug-likeness (QED) is 0.197. The molecule has 0 radical (unpaired) electrons. The highest BCUT2D eigenvalue weighted by molar-refractivity contribution is 5.99. The Balaban J connectivity index is 1.22. The van der Waals surface area contributed by atoms with Crippen LogP contribution < -0.4 is 20.1 Å². The van der Waals surface area contributed by atoms with Crippen LogP contribution in [0.25, 0.3) is 15.7 Å². The first-order chi connectivity index (χ1) is 19.2. The van der Waals surface area contributed by atoms with Gasteiger partial charge in [0.25, 0.3) is 0 Å². The zero-order valence-electron chi connectivity index (χ0n) is 21.4. The second kappa shape index (κ2) is 12.7. The van der Waals surface area contributed by atoms with Crippen LogP contribution in [0.5, 0.6) is 17.2 Å². The second-order valence-electron chi connectivity index (χ2n) is 8.99. The highest BCUT2D eigenvalue weighted by Gasteiger charge is 2.13. The van der Waals surface area contributed by atoms with Crippen LogP contribution in [-0.2, 0) is 4.74 Å². The van der Waals surface area contributed by atoms with Gasteiger partial charge in [0.1, 0.15) is 17.2 Å². The minimum Gasteiger partial charge on any atom is -0.504 e. The van der Waals surface area contributed by atoms with Gasteiger partial charge >= 0.3 is 6.03 Å². The average molecular weight is 524 g/mol. The van der Waals surface area contributed by atoms with Crippen molar-refractivity contribution in [2.24, 2.45) is 0 Å². The Morgan fingerprint density at radius 2 is 1.72 bits per heavy atom. The van der Waals surface area contributed by atoms with E-state index in [2.05, 4.69) is 25.4 Å². The molecule has 0 saturated carbocycles. The number of nitrogens with one attached hydrogen (secondary N) is 2. The van der Waals surface area contributed by atoms with Crippen molar-refractivity contribution in [2.75, 3.05) is 50.1 Å². The standard InChI is InChI=1S/C30H29N5O4/c1-31-27-20-25-26(21-29(27)38-17-5-14-35-15-18-37-19-16-35)32-13-12-28(25)39-24-10-8-23(9-11-24)34-30(36)33-22-6-3-2-4-7-22/h2-4,6-13,20-21H,5,14-19H2,(H2,33,34,36). The summed E-state index contributed by atoms with van der Waals surface area (Å²) in [6.45, 7) is 12.6. The number of carbonyl (C=O) groups is 1. The Kier molecular flexibility index (Phi) is 8.48. The second-order valence-corrected chi connectivity index (χ2v) is 8.99. The summed E-state index contributed by atoms with van der Waals surface area (Å²) in [6, 6.07) is 21.3. The number of nitrogens with zero attached hydrogens (tertiary/aromatic N) is 3. The van der Waals surface area contributed by atoms with Gasteiger partial charge in [-0.15, -0.1) is 0 Å². The van der Waals surface area contributed by atoms with Crippen molar-refractivity contribution in [3.8, 4) is 17.2 Å². The molecule has 9 heteroatoms. The summed E-state index contributed by atoms with van der Waals surface area (Å²) in [5.41, 5.74) is 2.43. The number of amides is 2. The van der Waals surface area contributed by atoms with Crippen molar-refractivity contribution in [1.29, 1.82) is 0 Å². The molecule has 2 heterocycles. The number of urea groups is 1. The monoisotopic (exact) mass is 523 g/mol. The van der Waals surface area contributed by atoms with Crippen LogP contribution in [0.1, 0.15) is 6.42 Å². The molecule has 0 unspecified atom stereocenters. The first kappa shape index (κ1) is 26.0. The predicted molar refractivity (Wildman–Crippen MR) is 151 cm³/mol. The number of anilines is 2. The lowest BCUT2D eigenvalue weighted by molar-refractivity contribution is 0.0358. The van der Waals surface area contributed by atoms with Gasteiger partial charge in [-0.25, -0.2) is 9.64 Å². The number of benzene rings is 3. The summed E-state index contributed by atoms with van der Waals surface area (Å²) in [4.78, 5) is 22.7. The van der Waals surface area contributed by atoms with E-state index in [0.717, 1.165) is 39.3 Å². The summed E-state index contributed by atoms with van der Waals surface area (Å²) in [6.07, 6.45) is 2.53. The third kappa shape index (κ3) is 7.02. The maximum atomic E-state index is 12.2. The van der Waals surface area contributed by atoms with E-state index >= 15 is 0 Å². The van der Waals surface area contributed by atoms with Gasteiger partial charge in [0.05, 0.1) is 31.9 Å². The van der Waals surface area contributed by atoms with E-state index < -0.39 is 0 Å². The van der Waals surface area contributed by atoms with E-state index in [-0.39, 0.29) is 6.03 Å². The molecule has 39 heavy (non-hydrogen) atoms. The lowest BCUT2D eigenvalue weighted by atomic mass is 10.1. The molecule has 1 aromatic heterocycles. The largest absolute Gasteiger partial charge is 0.504 e. The number of pyridine rings is 1. The van der Waals surface area contributed by atoms with Gasteiger partial charge in [0.15, 0.2) is 0 Å². The number of para-hydroxylation sites is 1. The third-order valence-electron chi connectivity index (χ3n) is 6.25. The van der Waals surface area contributed by atoms with Gasteiger partial charge < -0.3 is 24.8 Å². The van der Waals surface area contributed by atoms with Gasteiger partial charge in [-0.3, -0.25) is 9.88 Å². The van der Waals surface area contributed by atoms with E-state index in [1.165, 1.54) is 0 Å². The SMILES string of the molecule is [C-]#[N+]c1cc2c(Oc3ccc(NC(=O)Nc4ccccc4)cc3)ccnc2cc1OCCCN1CCOCC1. The number of carbonyl (C=O) groups excluding carboxylic acids is 1. The molecular formula is C30H29N5O4. The molecule has 0 bridgehead atoms. The molecule has 1 aliphatic rings. The molecule has 4 aromatic rings. The molecule has 2 N–H and O–H groups in total. The van der Waals surface area contributed by atoms with Crippen molar-refractivity contribution in [1.82, 2.24) is 9.88 Å². The van der Waals surface area contributed by atoms with Crippen LogP contribution >= 0.6 is 0 Å². The molecule has 2 amide bonds. The maximum Gasteiger partial charge on any atom is 0.323 e. The fraction of sp³-hybridized carbons (Fsp3) is 0.233. The molecule has 1 saturated heterocycles. The van der Waals surface area contributed by atoms with Gasteiger partial charge in [0, 0.05) is 42.6 Å². The number of ether oxygens (including phenoxy) is 3. The lowest BCUT2D eigenvalue weighted by Crippen LogP contribution is -2.37. The van der Waals surface area contributed by atoms with E-state index in [1.54, 1.807) is 48.7 Å². The molecule has 0 spiro atoms.